The molecule has 0 unspecified atom stereocenters. The largest absolute Gasteiger partial charge is 0.332 e. The van der Waals surface area contributed by atoms with Crippen molar-refractivity contribution in [3.8, 4) is 6.07 Å². The van der Waals surface area contributed by atoms with Crippen molar-refractivity contribution >= 4 is 5.91 Å². The number of hydrogen-bond donors (Lipinski definition) is 0. The molecular weight excluding hydrogens is 260 g/mol. The number of likely N-dealkylation sites (tertiary alicyclic amines) is 1. The van der Waals surface area contributed by atoms with Gasteiger partial charge in [-0.3, -0.25) is 4.79 Å². The van der Waals surface area contributed by atoms with Crippen molar-refractivity contribution < 1.29 is 4.79 Å². The van der Waals surface area contributed by atoms with Crippen molar-refractivity contribution in [3.63, 3.8) is 0 Å². The minimum Gasteiger partial charge on any atom is -0.332 e. The highest BCUT2D eigenvalue weighted by molar-refractivity contribution is 5.94. The molecule has 0 radical (unpaired) electrons. The first kappa shape index (κ1) is 13.4. The zero-order valence-corrected chi connectivity index (χ0v) is 11.7. The van der Waals surface area contributed by atoms with Crippen molar-refractivity contribution in [1.29, 1.82) is 5.26 Å². The molecule has 1 aliphatic heterocycles. The number of amides is 1. The Kier molecular flexibility index (Phi) is 3.70. The Balaban J connectivity index is 1.84. The Bertz CT molecular complexity index is 671. The lowest BCUT2D eigenvalue weighted by Crippen LogP contribution is -2.30. The summed E-state index contributed by atoms with van der Waals surface area (Å²) in [7, 11) is 0. The summed E-state index contributed by atoms with van der Waals surface area (Å²) in [6.07, 6.45) is 2.04. The van der Waals surface area contributed by atoms with Gasteiger partial charge in [0.25, 0.3) is 5.91 Å². The van der Waals surface area contributed by atoms with Crippen LogP contribution in [-0.4, -0.2) is 17.4 Å². The van der Waals surface area contributed by atoms with Gasteiger partial charge in [0, 0.05) is 12.1 Å². The maximum absolute atomic E-state index is 12.7. The third kappa shape index (κ3) is 2.66. The van der Waals surface area contributed by atoms with Gasteiger partial charge in [-0.1, -0.05) is 30.3 Å². The van der Waals surface area contributed by atoms with Crippen molar-refractivity contribution in [1.82, 2.24) is 4.90 Å². The standard InChI is InChI=1S/C18H16N2O/c19-13-14-8-10-16(11-9-14)18(21)20-12-4-7-17(20)15-5-2-1-3-6-15/h1-3,5-6,8-11,17H,4,7,12H2/t17-/m1/s1. The zero-order valence-electron chi connectivity index (χ0n) is 11.7. The molecule has 1 amide bonds. The third-order valence-corrected chi connectivity index (χ3v) is 3.96. The van der Waals surface area contributed by atoms with Crippen molar-refractivity contribution in [2.24, 2.45) is 0 Å². The van der Waals surface area contributed by atoms with Gasteiger partial charge in [-0.2, -0.15) is 5.26 Å². The molecule has 104 valence electrons. The molecule has 1 fully saturated rings. The van der Waals surface area contributed by atoms with Gasteiger partial charge < -0.3 is 4.90 Å². The highest BCUT2D eigenvalue weighted by Gasteiger charge is 2.30. The van der Waals surface area contributed by atoms with E-state index in [9.17, 15) is 4.79 Å². The smallest absolute Gasteiger partial charge is 0.254 e. The molecule has 0 bridgehead atoms. The Hall–Kier alpha value is -2.60. The SMILES string of the molecule is N#Cc1ccc(C(=O)N2CCC[C@@H]2c2ccccc2)cc1. The molecule has 1 atom stereocenters. The maximum atomic E-state index is 12.7. The number of nitrogens with zero attached hydrogens (tertiary/aromatic N) is 2. The molecule has 0 aliphatic carbocycles. The van der Waals surface area contributed by atoms with Gasteiger partial charge in [0.2, 0.25) is 0 Å². The van der Waals surface area contributed by atoms with Crippen molar-refractivity contribution in [2.75, 3.05) is 6.54 Å². The predicted octanol–water partition coefficient (Wildman–Crippen LogP) is 3.54. The van der Waals surface area contributed by atoms with Crippen LogP contribution in [0.2, 0.25) is 0 Å². The highest BCUT2D eigenvalue weighted by Crippen LogP contribution is 2.32. The number of hydrogen-bond acceptors (Lipinski definition) is 2. The van der Waals surface area contributed by atoms with Crippen molar-refractivity contribution in [2.45, 2.75) is 18.9 Å². The minimum atomic E-state index is 0.0471. The molecule has 0 aromatic heterocycles. The van der Waals surface area contributed by atoms with Crippen LogP contribution in [0.4, 0.5) is 0 Å². The van der Waals surface area contributed by atoms with Crippen LogP contribution in [-0.2, 0) is 0 Å². The Morgan fingerprint density at radius 2 is 1.81 bits per heavy atom. The first-order chi connectivity index (χ1) is 10.3. The average molecular weight is 276 g/mol. The fourth-order valence-corrected chi connectivity index (χ4v) is 2.88. The van der Waals surface area contributed by atoms with Gasteiger partial charge in [0.05, 0.1) is 17.7 Å². The molecule has 1 heterocycles. The maximum Gasteiger partial charge on any atom is 0.254 e. The summed E-state index contributed by atoms with van der Waals surface area (Å²) >= 11 is 0. The lowest BCUT2D eigenvalue weighted by atomic mass is 10.0. The first-order valence-corrected chi connectivity index (χ1v) is 7.15. The first-order valence-electron chi connectivity index (χ1n) is 7.15. The lowest BCUT2D eigenvalue weighted by molar-refractivity contribution is 0.0735. The van der Waals surface area contributed by atoms with Gasteiger partial charge in [-0.05, 0) is 42.7 Å². The van der Waals surface area contributed by atoms with Gasteiger partial charge >= 0.3 is 0 Å². The normalized spacial score (nSPS) is 17.5. The monoisotopic (exact) mass is 276 g/mol. The molecule has 2 aromatic rings. The van der Waals surface area contributed by atoms with Crippen LogP contribution in [0.3, 0.4) is 0 Å². The molecule has 0 N–H and O–H groups in total. The highest BCUT2D eigenvalue weighted by atomic mass is 16.2. The van der Waals surface area contributed by atoms with Crippen LogP contribution in [0.1, 0.15) is 40.4 Å². The van der Waals surface area contributed by atoms with E-state index in [2.05, 4.69) is 18.2 Å². The molecule has 0 spiro atoms. The van der Waals surface area contributed by atoms with Gasteiger partial charge in [-0.25, -0.2) is 0 Å². The number of nitriles is 1. The van der Waals surface area contributed by atoms with Crippen molar-refractivity contribution in [3.05, 3.63) is 71.3 Å². The summed E-state index contributed by atoms with van der Waals surface area (Å²) in [6.45, 7) is 0.790. The second kappa shape index (κ2) is 5.80. The predicted molar refractivity (Wildman–Crippen MR) is 80.6 cm³/mol. The zero-order chi connectivity index (χ0) is 14.7. The number of carbonyl (C=O) groups excluding carboxylic acids is 1. The van der Waals surface area contributed by atoms with Crippen LogP contribution in [0.5, 0.6) is 0 Å². The van der Waals surface area contributed by atoms with E-state index in [0.717, 1.165) is 19.4 Å². The average Bonchev–Trinajstić information content (AvgIpc) is 3.04. The summed E-state index contributed by atoms with van der Waals surface area (Å²) in [5.74, 6) is 0.0471. The topological polar surface area (TPSA) is 44.1 Å². The van der Waals surface area contributed by atoms with E-state index >= 15 is 0 Å². The fraction of sp³-hybridized carbons (Fsp3) is 0.222. The molecule has 1 aliphatic rings. The molecule has 3 nitrogen and oxygen atoms in total. The van der Waals surface area contributed by atoms with Gasteiger partial charge in [0.15, 0.2) is 0 Å². The summed E-state index contributed by atoms with van der Waals surface area (Å²) < 4.78 is 0. The summed E-state index contributed by atoms with van der Waals surface area (Å²) in [5, 5.41) is 8.82. The van der Waals surface area contributed by atoms with Crippen LogP contribution in [0, 0.1) is 11.3 Å². The van der Waals surface area contributed by atoms with Crippen LogP contribution < -0.4 is 0 Å². The lowest BCUT2D eigenvalue weighted by Gasteiger charge is -2.25. The Morgan fingerprint density at radius 1 is 1.10 bits per heavy atom. The third-order valence-electron chi connectivity index (χ3n) is 3.96. The summed E-state index contributed by atoms with van der Waals surface area (Å²) in [5.41, 5.74) is 2.42. The molecule has 1 saturated heterocycles. The molecule has 3 rings (SSSR count). The summed E-state index contributed by atoms with van der Waals surface area (Å²) in [6, 6.07) is 19.3. The molecule has 3 heteroatoms. The van der Waals surface area contributed by atoms with Crippen LogP contribution in [0.25, 0.3) is 0 Å². The molecule has 21 heavy (non-hydrogen) atoms. The number of benzene rings is 2. The summed E-state index contributed by atoms with van der Waals surface area (Å²) in [4.78, 5) is 14.6. The van der Waals surface area contributed by atoms with E-state index in [1.807, 2.05) is 23.1 Å². The quantitative estimate of drug-likeness (QED) is 0.842. The van der Waals surface area contributed by atoms with E-state index in [0.29, 0.717) is 11.1 Å². The molecule has 0 saturated carbocycles. The Morgan fingerprint density at radius 3 is 2.48 bits per heavy atom. The van der Waals surface area contributed by atoms with Crippen LogP contribution in [0.15, 0.2) is 54.6 Å². The van der Waals surface area contributed by atoms with E-state index in [1.165, 1.54) is 5.56 Å². The molecule has 2 aromatic carbocycles. The Labute approximate surface area is 124 Å². The van der Waals surface area contributed by atoms with E-state index in [4.69, 9.17) is 5.26 Å². The fourth-order valence-electron chi connectivity index (χ4n) is 2.88. The van der Waals surface area contributed by atoms with E-state index in [-0.39, 0.29) is 11.9 Å². The van der Waals surface area contributed by atoms with E-state index < -0.39 is 0 Å². The van der Waals surface area contributed by atoms with Gasteiger partial charge in [-0.15, -0.1) is 0 Å². The van der Waals surface area contributed by atoms with Gasteiger partial charge in [0.1, 0.15) is 0 Å². The minimum absolute atomic E-state index is 0.0471. The number of rotatable bonds is 2. The number of carbonyl (C=O) groups is 1. The second-order valence-electron chi connectivity index (χ2n) is 5.26. The van der Waals surface area contributed by atoms with Crippen LogP contribution >= 0.6 is 0 Å². The second-order valence-corrected chi connectivity index (χ2v) is 5.26. The van der Waals surface area contributed by atoms with E-state index in [1.54, 1.807) is 24.3 Å². The molecular formula is C18H16N2O.